The summed E-state index contributed by atoms with van der Waals surface area (Å²) in [5.74, 6) is -1.78. The highest BCUT2D eigenvalue weighted by atomic mass is 35.5. The maximum Gasteiger partial charge on any atom is 0.417 e. The second-order valence-corrected chi connectivity index (χ2v) is 7.25. The van der Waals surface area contributed by atoms with Crippen molar-refractivity contribution in [2.45, 2.75) is 18.6 Å². The zero-order chi connectivity index (χ0) is 20.7. The van der Waals surface area contributed by atoms with Crippen molar-refractivity contribution in [1.29, 1.82) is 0 Å². The van der Waals surface area contributed by atoms with Crippen LogP contribution in [0.15, 0.2) is 29.1 Å². The fourth-order valence-corrected chi connectivity index (χ4v) is 3.56. The van der Waals surface area contributed by atoms with Gasteiger partial charge in [-0.2, -0.15) is 24.5 Å². The average molecular weight is 433 g/mol. The molecule has 1 aliphatic rings. The number of nitrogens with zero attached hydrogens (tertiary/aromatic N) is 2. The molecule has 3 heterocycles. The van der Waals surface area contributed by atoms with Gasteiger partial charge in [-0.05, 0) is 35.4 Å². The number of anilines is 1. The summed E-state index contributed by atoms with van der Waals surface area (Å²) in [4.78, 5) is 41.2. The number of urea groups is 1. The number of alkyl halides is 3. The van der Waals surface area contributed by atoms with Gasteiger partial charge in [0.2, 0.25) is 5.91 Å². The number of thiophene rings is 1. The number of amides is 4. The van der Waals surface area contributed by atoms with E-state index < -0.39 is 46.7 Å². The number of aromatic nitrogens is 1. The first-order valence-corrected chi connectivity index (χ1v) is 9.04. The van der Waals surface area contributed by atoms with Gasteiger partial charge in [0.25, 0.3) is 5.91 Å². The zero-order valence-electron chi connectivity index (χ0n) is 14.1. The van der Waals surface area contributed by atoms with Crippen LogP contribution < -0.4 is 10.6 Å². The number of halogens is 4. The minimum Gasteiger partial charge on any atom is -0.319 e. The van der Waals surface area contributed by atoms with Crippen molar-refractivity contribution in [2.75, 3.05) is 11.9 Å². The minimum atomic E-state index is -4.63. The monoisotopic (exact) mass is 432 g/mol. The van der Waals surface area contributed by atoms with E-state index in [1.54, 1.807) is 16.8 Å². The van der Waals surface area contributed by atoms with Crippen molar-refractivity contribution >= 4 is 46.6 Å². The van der Waals surface area contributed by atoms with E-state index in [0.717, 1.165) is 0 Å². The fourth-order valence-electron chi connectivity index (χ4n) is 2.59. The van der Waals surface area contributed by atoms with Crippen LogP contribution in [0, 0.1) is 0 Å². The van der Waals surface area contributed by atoms with Gasteiger partial charge in [-0.1, -0.05) is 11.6 Å². The summed E-state index contributed by atoms with van der Waals surface area (Å²) in [7, 11) is 0. The summed E-state index contributed by atoms with van der Waals surface area (Å²) in [5.41, 5.74) is -1.80. The summed E-state index contributed by atoms with van der Waals surface area (Å²) >= 11 is 7.08. The number of imide groups is 1. The first kappa shape index (κ1) is 20.1. The summed E-state index contributed by atoms with van der Waals surface area (Å²) in [6, 6.07) is 1.53. The lowest BCUT2D eigenvalue weighted by Gasteiger charge is -2.20. The molecule has 2 N–H and O–H groups in total. The molecule has 2 aromatic rings. The van der Waals surface area contributed by atoms with E-state index in [2.05, 4.69) is 15.6 Å². The molecule has 28 heavy (non-hydrogen) atoms. The van der Waals surface area contributed by atoms with Crippen LogP contribution >= 0.6 is 22.9 Å². The summed E-state index contributed by atoms with van der Waals surface area (Å²) in [5, 5.41) is 7.75. The third-order valence-electron chi connectivity index (χ3n) is 4.10. The Hall–Kier alpha value is -2.66. The number of carbonyl (C=O) groups excluding carboxylic acids is 3. The highest BCUT2D eigenvalue weighted by molar-refractivity contribution is 7.08. The number of hydrogen-bond donors (Lipinski definition) is 2. The Bertz CT molecular complexity index is 951. The number of hydrogen-bond acceptors (Lipinski definition) is 5. The molecular formula is C16H12ClF3N4O3S. The van der Waals surface area contributed by atoms with Gasteiger partial charge >= 0.3 is 12.2 Å². The fraction of sp³-hybridized carbons (Fsp3) is 0.250. The van der Waals surface area contributed by atoms with Crippen LogP contribution in [-0.4, -0.2) is 34.3 Å². The average Bonchev–Trinajstić information content (AvgIpc) is 3.20. The number of carbonyl (C=O) groups is 3. The van der Waals surface area contributed by atoms with Gasteiger partial charge in [-0.3, -0.25) is 14.5 Å². The van der Waals surface area contributed by atoms with Crippen LogP contribution in [0.5, 0.6) is 0 Å². The molecule has 2 aromatic heterocycles. The smallest absolute Gasteiger partial charge is 0.319 e. The predicted molar refractivity (Wildman–Crippen MR) is 94.8 cm³/mol. The van der Waals surface area contributed by atoms with E-state index >= 15 is 0 Å². The molecule has 7 nitrogen and oxygen atoms in total. The van der Waals surface area contributed by atoms with Crippen molar-refractivity contribution < 1.29 is 27.6 Å². The van der Waals surface area contributed by atoms with Crippen molar-refractivity contribution in [1.82, 2.24) is 15.2 Å². The molecule has 12 heteroatoms. The Labute approximate surface area is 165 Å². The molecule has 1 unspecified atom stereocenters. The number of pyridine rings is 1. The van der Waals surface area contributed by atoms with Crippen LogP contribution in [0.25, 0.3) is 0 Å². The zero-order valence-corrected chi connectivity index (χ0v) is 15.7. The molecule has 148 valence electrons. The van der Waals surface area contributed by atoms with Gasteiger partial charge in [0, 0.05) is 6.20 Å². The van der Waals surface area contributed by atoms with Crippen LogP contribution in [0.1, 0.15) is 18.1 Å². The largest absolute Gasteiger partial charge is 0.417 e. The van der Waals surface area contributed by atoms with E-state index in [4.69, 9.17) is 11.6 Å². The third-order valence-corrected chi connectivity index (χ3v) is 5.07. The lowest BCUT2D eigenvalue weighted by Crippen LogP contribution is -2.41. The maximum absolute atomic E-state index is 12.6. The molecule has 1 saturated heterocycles. The van der Waals surface area contributed by atoms with Crippen LogP contribution in [0.2, 0.25) is 5.02 Å². The van der Waals surface area contributed by atoms with Crippen LogP contribution in [-0.2, 0) is 21.3 Å². The SMILES string of the molecule is CC1(c2ccsc2)NC(=O)N(CC(=O)Nc2ncc(C(F)(F)F)cc2Cl)C1=O. The number of nitrogens with one attached hydrogen (secondary N) is 2. The van der Waals surface area contributed by atoms with Crippen molar-refractivity contribution in [3.05, 3.63) is 45.2 Å². The first-order valence-electron chi connectivity index (χ1n) is 7.72. The van der Waals surface area contributed by atoms with Crippen LogP contribution in [0.4, 0.5) is 23.8 Å². The number of rotatable bonds is 4. The van der Waals surface area contributed by atoms with Gasteiger partial charge < -0.3 is 10.6 Å². The van der Waals surface area contributed by atoms with Gasteiger partial charge in [0.05, 0.1) is 10.6 Å². The molecule has 1 aliphatic heterocycles. The molecule has 3 rings (SSSR count). The topological polar surface area (TPSA) is 91.4 Å². The highest BCUT2D eigenvalue weighted by Gasteiger charge is 2.49. The summed E-state index contributed by atoms with van der Waals surface area (Å²) in [6.07, 6.45) is -4.12. The Balaban J connectivity index is 1.72. The van der Waals surface area contributed by atoms with Crippen molar-refractivity contribution in [2.24, 2.45) is 0 Å². The molecule has 1 atom stereocenters. The lowest BCUT2D eigenvalue weighted by atomic mass is 9.95. The molecule has 0 saturated carbocycles. The molecule has 4 amide bonds. The Kier molecular flexibility index (Phi) is 5.06. The Morgan fingerprint density at radius 1 is 1.43 bits per heavy atom. The molecule has 1 fully saturated rings. The molecule has 0 aliphatic carbocycles. The Morgan fingerprint density at radius 2 is 2.14 bits per heavy atom. The molecule has 0 bridgehead atoms. The highest BCUT2D eigenvalue weighted by Crippen LogP contribution is 2.33. The second kappa shape index (κ2) is 7.06. The molecular weight excluding hydrogens is 421 g/mol. The van der Waals surface area contributed by atoms with Gasteiger partial charge in [-0.25, -0.2) is 9.78 Å². The van der Waals surface area contributed by atoms with E-state index in [1.165, 1.54) is 18.3 Å². The first-order chi connectivity index (χ1) is 13.0. The van der Waals surface area contributed by atoms with Gasteiger partial charge in [-0.15, -0.1) is 0 Å². The standard InChI is InChI=1S/C16H12ClF3N4O3S/c1-15(8-2-3-28-7-8)13(26)24(14(27)23-15)6-11(25)22-12-10(17)4-9(5-21-12)16(18,19)20/h2-5,7H,6H2,1H3,(H,23,27)(H,21,22,25). The van der Waals surface area contributed by atoms with Gasteiger partial charge in [0.15, 0.2) is 5.82 Å². The van der Waals surface area contributed by atoms with E-state index in [0.29, 0.717) is 22.7 Å². The third kappa shape index (κ3) is 3.67. The molecule has 0 aromatic carbocycles. The second-order valence-electron chi connectivity index (χ2n) is 6.06. The minimum absolute atomic E-state index is 0.313. The van der Waals surface area contributed by atoms with E-state index in [9.17, 15) is 27.6 Å². The molecule has 0 spiro atoms. The normalized spacial score (nSPS) is 19.7. The predicted octanol–water partition coefficient (Wildman–Crippen LogP) is 3.22. The molecule has 0 radical (unpaired) electrons. The maximum atomic E-state index is 12.6. The van der Waals surface area contributed by atoms with Crippen molar-refractivity contribution in [3.8, 4) is 0 Å². The Morgan fingerprint density at radius 3 is 2.71 bits per heavy atom. The van der Waals surface area contributed by atoms with Crippen LogP contribution in [0.3, 0.4) is 0 Å². The van der Waals surface area contributed by atoms with E-state index in [1.807, 2.05) is 0 Å². The lowest BCUT2D eigenvalue weighted by molar-refractivity contribution is -0.137. The van der Waals surface area contributed by atoms with Gasteiger partial charge in [0.1, 0.15) is 12.1 Å². The van der Waals surface area contributed by atoms with E-state index in [-0.39, 0.29) is 5.82 Å². The van der Waals surface area contributed by atoms with Crippen molar-refractivity contribution in [3.63, 3.8) is 0 Å². The quantitative estimate of drug-likeness (QED) is 0.726. The summed E-state index contributed by atoms with van der Waals surface area (Å²) in [6.45, 7) is 0.866. The summed E-state index contributed by atoms with van der Waals surface area (Å²) < 4.78 is 37.9.